The number of hydrazine groups is 1. The van der Waals surface area contributed by atoms with Gasteiger partial charge >= 0.3 is 0 Å². The van der Waals surface area contributed by atoms with Crippen molar-refractivity contribution in [3.8, 4) is 5.75 Å². The first-order valence-electron chi connectivity index (χ1n) is 6.04. The molecule has 0 radical (unpaired) electrons. The Morgan fingerprint density at radius 1 is 1.53 bits per heavy atom. The Balaban J connectivity index is 2.18. The maximum absolute atomic E-state index is 13.3. The van der Waals surface area contributed by atoms with Crippen LogP contribution in [0.2, 0.25) is 0 Å². The second-order valence-electron chi connectivity index (χ2n) is 4.64. The monoisotopic (exact) mass is 238 g/mol. The molecule has 0 heterocycles. The number of methoxy groups -OCH3 is 1. The van der Waals surface area contributed by atoms with E-state index in [9.17, 15) is 4.39 Å². The maximum atomic E-state index is 13.3. The molecule has 1 atom stereocenters. The van der Waals surface area contributed by atoms with Crippen molar-refractivity contribution in [2.45, 2.75) is 31.7 Å². The topological polar surface area (TPSA) is 47.3 Å². The van der Waals surface area contributed by atoms with Crippen LogP contribution in [0, 0.1) is 11.7 Å². The summed E-state index contributed by atoms with van der Waals surface area (Å²) in [6.07, 6.45) is 4.73. The van der Waals surface area contributed by atoms with Gasteiger partial charge in [-0.1, -0.05) is 19.3 Å². The van der Waals surface area contributed by atoms with Gasteiger partial charge in [-0.3, -0.25) is 11.3 Å². The quantitative estimate of drug-likeness (QED) is 0.612. The summed E-state index contributed by atoms with van der Waals surface area (Å²) >= 11 is 0. The van der Waals surface area contributed by atoms with Crippen molar-refractivity contribution in [3.63, 3.8) is 0 Å². The van der Waals surface area contributed by atoms with Crippen molar-refractivity contribution in [3.05, 3.63) is 29.6 Å². The van der Waals surface area contributed by atoms with Crippen LogP contribution in [0.3, 0.4) is 0 Å². The van der Waals surface area contributed by atoms with E-state index in [1.807, 2.05) is 0 Å². The molecule has 1 fully saturated rings. The van der Waals surface area contributed by atoms with Gasteiger partial charge in [-0.25, -0.2) is 4.39 Å². The van der Waals surface area contributed by atoms with E-state index in [1.54, 1.807) is 13.2 Å². The van der Waals surface area contributed by atoms with Gasteiger partial charge in [-0.05, 0) is 30.5 Å². The summed E-state index contributed by atoms with van der Waals surface area (Å²) in [4.78, 5) is 0. The van der Waals surface area contributed by atoms with Crippen LogP contribution in [0.5, 0.6) is 5.75 Å². The zero-order valence-corrected chi connectivity index (χ0v) is 10.1. The lowest BCUT2D eigenvalue weighted by Gasteiger charge is -2.30. The van der Waals surface area contributed by atoms with Crippen molar-refractivity contribution < 1.29 is 9.13 Å². The molecular formula is C13H19FN2O. The van der Waals surface area contributed by atoms with E-state index < -0.39 is 0 Å². The first kappa shape index (κ1) is 12.3. The number of ether oxygens (including phenoxy) is 1. The molecule has 0 amide bonds. The van der Waals surface area contributed by atoms with Gasteiger partial charge in [0, 0.05) is 11.6 Å². The van der Waals surface area contributed by atoms with E-state index in [1.165, 1.54) is 31.4 Å². The molecule has 1 aliphatic carbocycles. The molecule has 1 saturated carbocycles. The maximum Gasteiger partial charge on any atom is 0.123 e. The summed E-state index contributed by atoms with van der Waals surface area (Å²) < 4.78 is 18.5. The summed E-state index contributed by atoms with van der Waals surface area (Å²) in [5, 5.41) is 0. The van der Waals surface area contributed by atoms with Crippen LogP contribution in [0.25, 0.3) is 0 Å². The molecule has 3 N–H and O–H groups in total. The Kier molecular flexibility index (Phi) is 3.97. The van der Waals surface area contributed by atoms with Gasteiger partial charge in [0.25, 0.3) is 0 Å². The Hall–Kier alpha value is -1.13. The van der Waals surface area contributed by atoms with Crippen molar-refractivity contribution in [1.29, 1.82) is 0 Å². The minimum Gasteiger partial charge on any atom is -0.496 e. The highest BCUT2D eigenvalue weighted by molar-refractivity contribution is 5.36. The van der Waals surface area contributed by atoms with E-state index in [0.717, 1.165) is 12.0 Å². The first-order chi connectivity index (χ1) is 8.24. The minimum atomic E-state index is -0.255. The van der Waals surface area contributed by atoms with Crippen molar-refractivity contribution >= 4 is 0 Å². The summed E-state index contributed by atoms with van der Waals surface area (Å²) in [6, 6.07) is 4.52. The van der Waals surface area contributed by atoms with E-state index in [4.69, 9.17) is 10.6 Å². The first-order valence-corrected chi connectivity index (χ1v) is 6.04. The lowest BCUT2D eigenvalue weighted by Crippen LogP contribution is -2.31. The fraction of sp³-hybridized carbons (Fsp3) is 0.538. The Bertz CT molecular complexity index is 380. The van der Waals surface area contributed by atoms with Gasteiger partial charge in [-0.15, -0.1) is 0 Å². The van der Waals surface area contributed by atoms with E-state index >= 15 is 0 Å². The van der Waals surface area contributed by atoms with Gasteiger partial charge in [0.05, 0.1) is 7.11 Å². The van der Waals surface area contributed by atoms with Crippen LogP contribution in [0.4, 0.5) is 4.39 Å². The van der Waals surface area contributed by atoms with Crippen molar-refractivity contribution in [2.75, 3.05) is 7.11 Å². The van der Waals surface area contributed by atoms with Crippen LogP contribution in [-0.4, -0.2) is 7.11 Å². The standard InChI is InChI=1S/C13H19FN2O/c1-17-13-6-5-10(14)8-11(13)12(16-15)7-9-3-2-4-9/h5-6,8-9,12,16H,2-4,7,15H2,1H3. The molecule has 1 aromatic rings. The average Bonchev–Trinajstić information content (AvgIpc) is 2.28. The smallest absolute Gasteiger partial charge is 0.123 e. The molecule has 1 aromatic carbocycles. The van der Waals surface area contributed by atoms with Gasteiger partial charge in [-0.2, -0.15) is 0 Å². The van der Waals surface area contributed by atoms with E-state index in [0.29, 0.717) is 11.7 Å². The third-order valence-corrected chi connectivity index (χ3v) is 3.56. The molecule has 0 aliphatic heterocycles. The van der Waals surface area contributed by atoms with Crippen molar-refractivity contribution in [1.82, 2.24) is 5.43 Å². The van der Waals surface area contributed by atoms with Gasteiger partial charge < -0.3 is 4.74 Å². The molecule has 3 nitrogen and oxygen atoms in total. The summed E-state index contributed by atoms with van der Waals surface area (Å²) in [5.74, 6) is 6.71. The normalized spacial score (nSPS) is 17.6. The Morgan fingerprint density at radius 3 is 2.82 bits per heavy atom. The van der Waals surface area contributed by atoms with Crippen LogP contribution >= 0.6 is 0 Å². The van der Waals surface area contributed by atoms with Gasteiger partial charge in [0.15, 0.2) is 0 Å². The zero-order valence-electron chi connectivity index (χ0n) is 10.1. The SMILES string of the molecule is COc1ccc(F)cc1C(CC1CCC1)NN. The number of benzene rings is 1. The highest BCUT2D eigenvalue weighted by Gasteiger charge is 2.24. The summed E-state index contributed by atoms with van der Waals surface area (Å²) in [6.45, 7) is 0. The molecule has 0 spiro atoms. The lowest BCUT2D eigenvalue weighted by molar-refractivity contribution is 0.259. The van der Waals surface area contributed by atoms with Crippen LogP contribution in [0.1, 0.15) is 37.3 Å². The van der Waals surface area contributed by atoms with E-state index in [2.05, 4.69) is 5.43 Å². The molecule has 0 aromatic heterocycles. The predicted molar refractivity (Wildman–Crippen MR) is 65.0 cm³/mol. The van der Waals surface area contributed by atoms with Crippen LogP contribution < -0.4 is 16.0 Å². The third kappa shape index (κ3) is 2.76. The molecule has 17 heavy (non-hydrogen) atoms. The van der Waals surface area contributed by atoms with E-state index in [-0.39, 0.29) is 11.9 Å². The second-order valence-corrected chi connectivity index (χ2v) is 4.64. The minimum absolute atomic E-state index is 0.0362. The molecular weight excluding hydrogens is 219 g/mol. The summed E-state index contributed by atoms with van der Waals surface area (Å²) in [5.41, 5.74) is 3.58. The Labute approximate surface area is 101 Å². The van der Waals surface area contributed by atoms with Crippen LogP contribution in [0.15, 0.2) is 18.2 Å². The number of hydrogen-bond donors (Lipinski definition) is 2. The third-order valence-electron chi connectivity index (χ3n) is 3.56. The fourth-order valence-corrected chi connectivity index (χ4v) is 2.32. The number of nitrogens with one attached hydrogen (secondary N) is 1. The molecule has 0 bridgehead atoms. The summed E-state index contributed by atoms with van der Waals surface area (Å²) in [7, 11) is 1.59. The number of rotatable bonds is 5. The van der Waals surface area contributed by atoms with Crippen molar-refractivity contribution in [2.24, 2.45) is 11.8 Å². The average molecular weight is 238 g/mol. The molecule has 1 aliphatic rings. The lowest BCUT2D eigenvalue weighted by atomic mass is 9.79. The molecule has 0 saturated heterocycles. The Morgan fingerprint density at radius 2 is 2.29 bits per heavy atom. The molecule has 2 rings (SSSR count). The largest absolute Gasteiger partial charge is 0.496 e. The number of hydrogen-bond acceptors (Lipinski definition) is 3. The molecule has 4 heteroatoms. The zero-order chi connectivity index (χ0) is 12.3. The molecule has 1 unspecified atom stereocenters. The van der Waals surface area contributed by atoms with Gasteiger partial charge in [0.2, 0.25) is 0 Å². The van der Waals surface area contributed by atoms with Gasteiger partial charge in [0.1, 0.15) is 11.6 Å². The fourth-order valence-electron chi connectivity index (χ4n) is 2.32. The molecule has 94 valence electrons. The number of nitrogens with two attached hydrogens (primary N) is 1. The van der Waals surface area contributed by atoms with Crippen LogP contribution in [-0.2, 0) is 0 Å². The predicted octanol–water partition coefficient (Wildman–Crippen LogP) is 2.53. The highest BCUT2D eigenvalue weighted by Crippen LogP contribution is 2.37. The second kappa shape index (κ2) is 5.47. The number of halogens is 1. The highest BCUT2D eigenvalue weighted by atomic mass is 19.1.